The number of nitrogens with two attached hydrogens (primary N) is 1. The first-order chi connectivity index (χ1) is 12.6. The van der Waals surface area contributed by atoms with Gasteiger partial charge in [0.25, 0.3) is 0 Å². The second-order valence-electron chi connectivity index (χ2n) is 5.98. The van der Waals surface area contributed by atoms with E-state index in [4.69, 9.17) is 28.9 Å². The molecule has 7 heteroatoms. The molecule has 1 aliphatic heterocycles. The number of fused-ring (bicyclic) bond motifs is 1. The van der Waals surface area contributed by atoms with Crippen molar-refractivity contribution in [1.29, 1.82) is 0 Å². The molecular weight excluding hydrogens is 369 g/mol. The fraction of sp³-hybridized carbons (Fsp3) is 0.105. The van der Waals surface area contributed by atoms with E-state index in [9.17, 15) is 0 Å². The highest BCUT2D eigenvalue weighted by molar-refractivity contribution is 6.38. The van der Waals surface area contributed by atoms with Crippen LogP contribution in [0.4, 0.5) is 11.8 Å². The van der Waals surface area contributed by atoms with Gasteiger partial charge in [0.2, 0.25) is 5.95 Å². The van der Waals surface area contributed by atoms with E-state index < -0.39 is 0 Å². The lowest BCUT2D eigenvalue weighted by atomic mass is 9.99. The second kappa shape index (κ2) is 6.94. The first kappa shape index (κ1) is 16.8. The zero-order chi connectivity index (χ0) is 18.1. The largest absolute Gasteiger partial charge is 0.368 e. The van der Waals surface area contributed by atoms with Crippen molar-refractivity contribution in [2.45, 2.75) is 6.54 Å². The number of halogens is 2. The Morgan fingerprint density at radius 2 is 1.81 bits per heavy atom. The lowest BCUT2D eigenvalue weighted by Gasteiger charge is -2.31. The second-order valence-corrected chi connectivity index (χ2v) is 6.80. The van der Waals surface area contributed by atoms with Crippen LogP contribution in [0.25, 0.3) is 11.6 Å². The molecule has 0 bridgehead atoms. The standard InChI is InChI=1S/C19H15Cl2N5/c20-15-2-1-3-16(21)17(15)14-8-13-9-24-19(22)25-18(13)26(11-14)10-12-4-6-23-7-5-12/h1-9H,10-11H2,(H2,22,24,25). The number of benzene rings is 1. The van der Waals surface area contributed by atoms with Crippen molar-refractivity contribution < 1.29 is 0 Å². The summed E-state index contributed by atoms with van der Waals surface area (Å²) in [6, 6.07) is 9.47. The van der Waals surface area contributed by atoms with E-state index in [1.54, 1.807) is 18.6 Å². The van der Waals surface area contributed by atoms with Crippen molar-refractivity contribution in [3.8, 4) is 0 Å². The van der Waals surface area contributed by atoms with Gasteiger partial charge in [-0.25, -0.2) is 4.98 Å². The first-order valence-corrected chi connectivity index (χ1v) is 8.79. The molecule has 0 saturated carbocycles. The Hall–Kier alpha value is -2.63. The molecule has 0 saturated heterocycles. The Morgan fingerprint density at radius 3 is 2.54 bits per heavy atom. The van der Waals surface area contributed by atoms with Crippen molar-refractivity contribution in [2.24, 2.45) is 0 Å². The van der Waals surface area contributed by atoms with E-state index in [-0.39, 0.29) is 5.95 Å². The highest BCUT2D eigenvalue weighted by atomic mass is 35.5. The molecule has 2 N–H and O–H groups in total. The number of hydrogen-bond acceptors (Lipinski definition) is 5. The van der Waals surface area contributed by atoms with Gasteiger partial charge in [0.1, 0.15) is 5.82 Å². The zero-order valence-electron chi connectivity index (χ0n) is 13.7. The Morgan fingerprint density at radius 1 is 1.08 bits per heavy atom. The molecule has 0 aliphatic carbocycles. The zero-order valence-corrected chi connectivity index (χ0v) is 15.2. The molecule has 3 heterocycles. The normalized spacial score (nSPS) is 13.3. The lowest BCUT2D eigenvalue weighted by Crippen LogP contribution is -2.29. The van der Waals surface area contributed by atoms with Gasteiger partial charge in [0.05, 0.1) is 0 Å². The highest BCUT2D eigenvalue weighted by Crippen LogP contribution is 2.38. The SMILES string of the molecule is Nc1ncc2c(n1)N(Cc1ccncc1)CC(c1c(Cl)cccc1Cl)=C2. The van der Waals surface area contributed by atoms with Crippen LogP contribution in [-0.4, -0.2) is 21.5 Å². The number of hydrogen-bond donors (Lipinski definition) is 1. The molecule has 0 atom stereocenters. The van der Waals surface area contributed by atoms with E-state index in [1.807, 2.05) is 36.4 Å². The number of nitrogen functional groups attached to an aromatic ring is 1. The third-order valence-electron chi connectivity index (χ3n) is 4.21. The van der Waals surface area contributed by atoms with Gasteiger partial charge in [-0.05, 0) is 41.5 Å². The monoisotopic (exact) mass is 383 g/mol. The first-order valence-electron chi connectivity index (χ1n) is 8.03. The quantitative estimate of drug-likeness (QED) is 0.729. The van der Waals surface area contributed by atoms with Crippen LogP contribution < -0.4 is 10.6 Å². The Kier molecular flexibility index (Phi) is 4.49. The van der Waals surface area contributed by atoms with E-state index in [0.717, 1.165) is 28.1 Å². The van der Waals surface area contributed by atoms with E-state index in [0.29, 0.717) is 23.1 Å². The smallest absolute Gasteiger partial charge is 0.221 e. The molecule has 0 radical (unpaired) electrons. The van der Waals surface area contributed by atoms with Crippen LogP contribution in [0, 0.1) is 0 Å². The van der Waals surface area contributed by atoms with Crippen molar-refractivity contribution in [1.82, 2.24) is 15.0 Å². The molecule has 1 aromatic carbocycles. The number of nitrogens with zero attached hydrogens (tertiary/aromatic N) is 4. The summed E-state index contributed by atoms with van der Waals surface area (Å²) in [5.74, 6) is 1.04. The summed E-state index contributed by atoms with van der Waals surface area (Å²) in [6.07, 6.45) is 7.29. The number of pyridine rings is 1. The van der Waals surface area contributed by atoms with Gasteiger partial charge in [-0.15, -0.1) is 0 Å². The fourth-order valence-electron chi connectivity index (χ4n) is 3.06. The maximum atomic E-state index is 6.42. The van der Waals surface area contributed by atoms with Crippen LogP contribution in [-0.2, 0) is 6.54 Å². The molecule has 4 rings (SSSR count). The molecule has 0 spiro atoms. The molecule has 0 amide bonds. The Bertz CT molecular complexity index is 968. The molecule has 130 valence electrons. The third kappa shape index (κ3) is 3.23. The Labute approximate surface area is 161 Å². The van der Waals surface area contributed by atoms with Gasteiger partial charge in [0, 0.05) is 52.9 Å². The lowest BCUT2D eigenvalue weighted by molar-refractivity contribution is 0.841. The van der Waals surface area contributed by atoms with E-state index in [2.05, 4.69) is 19.9 Å². The van der Waals surface area contributed by atoms with Gasteiger partial charge in [-0.2, -0.15) is 4.98 Å². The van der Waals surface area contributed by atoms with Crippen molar-refractivity contribution >= 4 is 46.6 Å². The summed E-state index contributed by atoms with van der Waals surface area (Å²) in [7, 11) is 0. The number of anilines is 2. The average Bonchev–Trinajstić information content (AvgIpc) is 2.63. The maximum Gasteiger partial charge on any atom is 0.221 e. The topological polar surface area (TPSA) is 67.9 Å². The molecular formula is C19H15Cl2N5. The van der Waals surface area contributed by atoms with Crippen LogP contribution in [0.1, 0.15) is 16.7 Å². The van der Waals surface area contributed by atoms with Gasteiger partial charge >= 0.3 is 0 Å². The van der Waals surface area contributed by atoms with Crippen molar-refractivity contribution in [2.75, 3.05) is 17.2 Å². The van der Waals surface area contributed by atoms with Crippen LogP contribution >= 0.6 is 23.2 Å². The molecule has 26 heavy (non-hydrogen) atoms. The summed E-state index contributed by atoms with van der Waals surface area (Å²) < 4.78 is 0. The molecule has 3 aromatic rings. The minimum Gasteiger partial charge on any atom is -0.368 e. The van der Waals surface area contributed by atoms with Crippen LogP contribution in [0.5, 0.6) is 0 Å². The number of rotatable bonds is 3. The van der Waals surface area contributed by atoms with Crippen LogP contribution in [0.15, 0.2) is 48.9 Å². The van der Waals surface area contributed by atoms with Gasteiger partial charge in [-0.3, -0.25) is 4.98 Å². The van der Waals surface area contributed by atoms with E-state index >= 15 is 0 Å². The highest BCUT2D eigenvalue weighted by Gasteiger charge is 2.23. The minimum atomic E-state index is 0.246. The summed E-state index contributed by atoms with van der Waals surface area (Å²) in [5, 5.41) is 1.24. The van der Waals surface area contributed by atoms with Gasteiger partial charge in [-0.1, -0.05) is 29.3 Å². The van der Waals surface area contributed by atoms with E-state index in [1.165, 1.54) is 0 Å². The predicted octanol–water partition coefficient (Wildman–Crippen LogP) is 4.32. The molecule has 5 nitrogen and oxygen atoms in total. The summed E-state index contributed by atoms with van der Waals surface area (Å²) >= 11 is 12.8. The summed E-state index contributed by atoms with van der Waals surface area (Å²) in [4.78, 5) is 14.8. The third-order valence-corrected chi connectivity index (χ3v) is 4.84. The van der Waals surface area contributed by atoms with Crippen LogP contribution in [0.3, 0.4) is 0 Å². The van der Waals surface area contributed by atoms with Crippen LogP contribution in [0.2, 0.25) is 10.0 Å². The maximum absolute atomic E-state index is 6.42. The molecule has 1 aliphatic rings. The average molecular weight is 384 g/mol. The predicted molar refractivity (Wildman–Crippen MR) is 106 cm³/mol. The Balaban J connectivity index is 1.80. The minimum absolute atomic E-state index is 0.246. The molecule has 2 aromatic heterocycles. The fourth-order valence-corrected chi connectivity index (χ4v) is 3.70. The van der Waals surface area contributed by atoms with Gasteiger partial charge in [0.15, 0.2) is 0 Å². The van der Waals surface area contributed by atoms with Crippen molar-refractivity contribution in [3.63, 3.8) is 0 Å². The van der Waals surface area contributed by atoms with Crippen molar-refractivity contribution in [3.05, 3.63) is 75.7 Å². The molecule has 0 fully saturated rings. The summed E-state index contributed by atoms with van der Waals surface area (Å²) in [6.45, 7) is 1.26. The molecule has 0 unspecified atom stereocenters. The summed E-state index contributed by atoms with van der Waals surface area (Å²) in [5.41, 5.74) is 9.65. The number of aromatic nitrogens is 3. The van der Waals surface area contributed by atoms with Gasteiger partial charge < -0.3 is 10.6 Å².